The number of halogens is 1. The lowest BCUT2D eigenvalue weighted by Crippen LogP contribution is -2.45. The van der Waals surface area contributed by atoms with E-state index in [2.05, 4.69) is 0 Å². The summed E-state index contributed by atoms with van der Waals surface area (Å²) in [6, 6.07) is 20.5. The lowest BCUT2D eigenvalue weighted by molar-refractivity contribution is -0.122. The molecule has 0 bridgehead atoms. The summed E-state index contributed by atoms with van der Waals surface area (Å²) in [5.41, 5.74) is 1.95. The van der Waals surface area contributed by atoms with Crippen molar-refractivity contribution in [3.05, 3.63) is 95.0 Å². The SMILES string of the molecule is Cc1ccc(N2C(=O)CC(N(Cc3ccccc3Cl)S(=O)(=O)c3ccccc3)C2=O)cc1. The molecule has 3 aromatic carbocycles. The molecule has 1 saturated heterocycles. The van der Waals surface area contributed by atoms with Gasteiger partial charge < -0.3 is 0 Å². The highest BCUT2D eigenvalue weighted by Crippen LogP contribution is 2.31. The molecule has 32 heavy (non-hydrogen) atoms. The van der Waals surface area contributed by atoms with Crippen LogP contribution in [0, 0.1) is 6.92 Å². The molecule has 2 amide bonds. The normalized spacial score (nSPS) is 16.7. The molecule has 1 unspecified atom stereocenters. The van der Waals surface area contributed by atoms with Crippen LogP contribution in [0.25, 0.3) is 0 Å². The molecule has 1 atom stereocenters. The van der Waals surface area contributed by atoms with E-state index >= 15 is 0 Å². The van der Waals surface area contributed by atoms with Crippen LogP contribution in [0.5, 0.6) is 0 Å². The number of carbonyl (C=O) groups excluding carboxylic acids is 2. The third-order valence-electron chi connectivity index (χ3n) is 5.40. The minimum absolute atomic E-state index is 0.0427. The van der Waals surface area contributed by atoms with Gasteiger partial charge in [-0.15, -0.1) is 0 Å². The number of benzene rings is 3. The summed E-state index contributed by atoms with van der Waals surface area (Å²) in [6.07, 6.45) is -0.247. The first-order valence-electron chi connectivity index (χ1n) is 10.0. The summed E-state index contributed by atoms with van der Waals surface area (Å²) in [7, 11) is -4.09. The van der Waals surface area contributed by atoms with E-state index in [0.717, 1.165) is 14.8 Å². The van der Waals surface area contributed by atoms with Crippen LogP contribution < -0.4 is 4.90 Å². The summed E-state index contributed by atoms with van der Waals surface area (Å²) >= 11 is 6.29. The average molecular weight is 469 g/mol. The molecule has 1 aliphatic rings. The number of anilines is 1. The number of amides is 2. The van der Waals surface area contributed by atoms with Gasteiger partial charge in [0.2, 0.25) is 15.9 Å². The van der Waals surface area contributed by atoms with E-state index in [-0.39, 0.29) is 17.9 Å². The van der Waals surface area contributed by atoms with Crippen LogP contribution in [0.4, 0.5) is 5.69 Å². The Morgan fingerprint density at radius 3 is 2.22 bits per heavy atom. The van der Waals surface area contributed by atoms with Gasteiger partial charge >= 0.3 is 0 Å². The number of nitrogens with zero attached hydrogens (tertiary/aromatic N) is 2. The second kappa shape index (κ2) is 8.86. The Hall–Kier alpha value is -3.00. The zero-order valence-electron chi connectivity index (χ0n) is 17.3. The van der Waals surface area contributed by atoms with Gasteiger partial charge in [-0.05, 0) is 42.8 Å². The van der Waals surface area contributed by atoms with Crippen LogP contribution in [0.3, 0.4) is 0 Å². The Labute approximate surface area is 192 Å². The van der Waals surface area contributed by atoms with Crippen molar-refractivity contribution in [2.45, 2.75) is 30.8 Å². The first-order chi connectivity index (χ1) is 15.3. The Morgan fingerprint density at radius 1 is 0.938 bits per heavy atom. The van der Waals surface area contributed by atoms with Crippen molar-refractivity contribution in [3.63, 3.8) is 0 Å². The predicted octanol–water partition coefficient (Wildman–Crippen LogP) is 4.17. The van der Waals surface area contributed by atoms with E-state index in [1.54, 1.807) is 66.7 Å². The van der Waals surface area contributed by atoms with Gasteiger partial charge in [0, 0.05) is 11.6 Å². The van der Waals surface area contributed by atoms with Gasteiger partial charge in [0.1, 0.15) is 6.04 Å². The molecule has 1 fully saturated rings. The largest absolute Gasteiger partial charge is 0.274 e. The summed E-state index contributed by atoms with van der Waals surface area (Å²) in [5, 5.41) is 0.382. The van der Waals surface area contributed by atoms with Gasteiger partial charge in [-0.1, -0.05) is 65.7 Å². The third-order valence-corrected chi connectivity index (χ3v) is 7.63. The van der Waals surface area contributed by atoms with Crippen LogP contribution in [0.2, 0.25) is 5.02 Å². The molecular formula is C24H21ClN2O4S. The zero-order valence-corrected chi connectivity index (χ0v) is 18.9. The van der Waals surface area contributed by atoms with Gasteiger partial charge in [-0.3, -0.25) is 9.59 Å². The molecule has 0 saturated carbocycles. The summed E-state index contributed by atoms with van der Waals surface area (Å²) < 4.78 is 28.2. The highest BCUT2D eigenvalue weighted by Gasteiger charge is 2.47. The van der Waals surface area contributed by atoms with Crippen molar-refractivity contribution in [1.29, 1.82) is 0 Å². The first kappa shape index (κ1) is 22.2. The van der Waals surface area contributed by atoms with Crippen molar-refractivity contribution in [2.75, 3.05) is 4.90 Å². The molecule has 1 aliphatic heterocycles. The lowest BCUT2D eigenvalue weighted by atomic mass is 10.2. The fourth-order valence-electron chi connectivity index (χ4n) is 3.69. The van der Waals surface area contributed by atoms with E-state index in [1.165, 1.54) is 12.1 Å². The second-order valence-electron chi connectivity index (χ2n) is 7.58. The summed E-state index contributed by atoms with van der Waals surface area (Å²) in [5.74, 6) is -1.03. The minimum atomic E-state index is -4.09. The highest BCUT2D eigenvalue weighted by molar-refractivity contribution is 7.89. The Kier molecular flexibility index (Phi) is 6.15. The van der Waals surface area contributed by atoms with Crippen molar-refractivity contribution in [1.82, 2.24) is 4.31 Å². The number of aryl methyl sites for hydroxylation is 1. The van der Waals surface area contributed by atoms with E-state index in [9.17, 15) is 18.0 Å². The molecule has 164 valence electrons. The number of hydrogen-bond acceptors (Lipinski definition) is 4. The first-order valence-corrected chi connectivity index (χ1v) is 11.8. The standard InChI is InChI=1S/C24H21ClN2O4S/c1-17-11-13-19(14-12-17)27-23(28)15-22(24(27)29)26(16-18-7-5-6-10-21(18)25)32(30,31)20-8-3-2-4-9-20/h2-14,22H,15-16H2,1H3. The Bertz CT molecular complexity index is 1260. The molecule has 0 N–H and O–H groups in total. The van der Waals surface area contributed by atoms with Gasteiger partial charge in [0.25, 0.3) is 5.91 Å². The van der Waals surface area contributed by atoms with Crippen LogP contribution in [0.1, 0.15) is 17.5 Å². The molecule has 1 heterocycles. The molecule has 0 aliphatic carbocycles. The topological polar surface area (TPSA) is 74.8 Å². The Morgan fingerprint density at radius 2 is 1.56 bits per heavy atom. The molecule has 3 aromatic rings. The maximum Gasteiger partial charge on any atom is 0.252 e. The minimum Gasteiger partial charge on any atom is -0.274 e. The lowest BCUT2D eigenvalue weighted by Gasteiger charge is -2.27. The second-order valence-corrected chi connectivity index (χ2v) is 9.88. The maximum atomic E-state index is 13.6. The number of imide groups is 1. The number of hydrogen-bond donors (Lipinski definition) is 0. The quantitative estimate of drug-likeness (QED) is 0.509. The third kappa shape index (κ3) is 4.19. The van der Waals surface area contributed by atoms with E-state index in [4.69, 9.17) is 11.6 Å². The van der Waals surface area contributed by atoms with E-state index < -0.39 is 27.9 Å². The molecule has 0 spiro atoms. The van der Waals surface area contributed by atoms with Gasteiger partial charge in [-0.2, -0.15) is 4.31 Å². The molecule has 0 radical (unpaired) electrons. The number of carbonyl (C=O) groups is 2. The smallest absolute Gasteiger partial charge is 0.252 e. The van der Waals surface area contributed by atoms with Crippen LogP contribution in [-0.4, -0.2) is 30.6 Å². The molecule has 4 rings (SSSR count). The monoisotopic (exact) mass is 468 g/mol. The number of rotatable bonds is 6. The van der Waals surface area contributed by atoms with Crippen molar-refractivity contribution < 1.29 is 18.0 Å². The molecule has 6 nitrogen and oxygen atoms in total. The molecule has 8 heteroatoms. The summed E-state index contributed by atoms with van der Waals surface area (Å²) in [4.78, 5) is 27.3. The average Bonchev–Trinajstić information content (AvgIpc) is 3.08. The number of sulfonamides is 1. The summed E-state index contributed by atoms with van der Waals surface area (Å²) in [6.45, 7) is 1.76. The van der Waals surface area contributed by atoms with Gasteiger partial charge in [0.15, 0.2) is 0 Å². The van der Waals surface area contributed by atoms with E-state index in [0.29, 0.717) is 16.3 Å². The maximum absolute atomic E-state index is 13.6. The fourth-order valence-corrected chi connectivity index (χ4v) is 5.47. The van der Waals surface area contributed by atoms with Gasteiger partial charge in [-0.25, -0.2) is 13.3 Å². The van der Waals surface area contributed by atoms with Gasteiger partial charge in [0.05, 0.1) is 17.0 Å². The molecular weight excluding hydrogens is 448 g/mol. The highest BCUT2D eigenvalue weighted by atomic mass is 35.5. The Balaban J connectivity index is 1.76. The van der Waals surface area contributed by atoms with Crippen molar-refractivity contribution >= 4 is 39.1 Å². The van der Waals surface area contributed by atoms with Crippen LogP contribution >= 0.6 is 11.6 Å². The molecule has 0 aromatic heterocycles. The van der Waals surface area contributed by atoms with Crippen LogP contribution in [-0.2, 0) is 26.2 Å². The zero-order chi connectivity index (χ0) is 22.9. The van der Waals surface area contributed by atoms with E-state index in [1.807, 2.05) is 6.92 Å². The van der Waals surface area contributed by atoms with Crippen molar-refractivity contribution in [3.8, 4) is 0 Å². The van der Waals surface area contributed by atoms with Crippen molar-refractivity contribution in [2.24, 2.45) is 0 Å². The fraction of sp³-hybridized carbons (Fsp3) is 0.167. The predicted molar refractivity (Wildman–Crippen MR) is 123 cm³/mol. The van der Waals surface area contributed by atoms with Crippen LogP contribution in [0.15, 0.2) is 83.8 Å².